The van der Waals surface area contributed by atoms with E-state index in [-0.39, 0.29) is 12.5 Å². The number of rotatable bonds is 7. The van der Waals surface area contributed by atoms with Gasteiger partial charge in [-0.2, -0.15) is 0 Å². The Morgan fingerprint density at radius 2 is 1.71 bits per heavy atom. The van der Waals surface area contributed by atoms with Crippen LogP contribution >= 0.6 is 0 Å². The van der Waals surface area contributed by atoms with E-state index in [2.05, 4.69) is 29.6 Å². The second-order valence-electron chi connectivity index (χ2n) is 7.79. The fourth-order valence-corrected chi connectivity index (χ4v) is 4.09. The lowest BCUT2D eigenvalue weighted by Crippen LogP contribution is -2.26. The summed E-state index contributed by atoms with van der Waals surface area (Å²) >= 11 is 0. The lowest BCUT2D eigenvalue weighted by molar-refractivity contribution is 0.143. The Morgan fingerprint density at radius 3 is 2.39 bits per heavy atom. The Kier molecular flexibility index (Phi) is 6.48. The zero-order chi connectivity index (χ0) is 21.6. The number of fused-ring (bicyclic) bond motifs is 3. The molecule has 4 rings (SSSR count). The second-order valence-corrected chi connectivity index (χ2v) is 7.79. The van der Waals surface area contributed by atoms with Gasteiger partial charge in [-0.15, -0.1) is 0 Å². The number of benzene rings is 3. The summed E-state index contributed by atoms with van der Waals surface area (Å²) in [4.78, 5) is 12.2. The molecule has 0 saturated carbocycles. The Bertz CT molecular complexity index is 1060. The van der Waals surface area contributed by atoms with Crippen molar-refractivity contribution >= 4 is 12.2 Å². The van der Waals surface area contributed by atoms with Gasteiger partial charge in [-0.05, 0) is 58.4 Å². The molecule has 0 aromatic heterocycles. The quantitative estimate of drug-likeness (QED) is 0.508. The molecule has 2 N–H and O–H groups in total. The monoisotopic (exact) mass is 413 g/mol. The van der Waals surface area contributed by atoms with Gasteiger partial charge in [0.15, 0.2) is 0 Å². The van der Waals surface area contributed by atoms with Gasteiger partial charge in [0.05, 0.1) is 6.61 Å². The third-order valence-electron chi connectivity index (χ3n) is 5.75. The van der Waals surface area contributed by atoms with E-state index in [1.807, 2.05) is 61.5 Å². The van der Waals surface area contributed by atoms with Crippen LogP contribution in [-0.2, 0) is 11.3 Å². The van der Waals surface area contributed by atoms with Crippen LogP contribution in [0.5, 0.6) is 0 Å². The molecule has 4 nitrogen and oxygen atoms in total. The molecule has 0 spiro atoms. The van der Waals surface area contributed by atoms with Crippen LogP contribution in [0.2, 0.25) is 0 Å². The number of carbonyl (C=O) groups is 1. The number of hydrogen-bond donors (Lipinski definition) is 2. The molecule has 0 atom stereocenters. The maximum atomic E-state index is 12.2. The number of alkyl carbamates (subject to hydrolysis) is 1. The first kappa shape index (κ1) is 20.9. The number of amides is 1. The van der Waals surface area contributed by atoms with Gasteiger partial charge in [-0.25, -0.2) is 4.79 Å². The highest BCUT2D eigenvalue weighted by Crippen LogP contribution is 2.44. The average molecular weight is 414 g/mol. The summed E-state index contributed by atoms with van der Waals surface area (Å²) in [5.41, 5.74) is 7.98. The zero-order valence-electron chi connectivity index (χ0n) is 17.7. The van der Waals surface area contributed by atoms with Crippen molar-refractivity contribution in [2.45, 2.75) is 25.9 Å². The third-order valence-corrected chi connectivity index (χ3v) is 5.75. The molecule has 0 radical (unpaired) electrons. The molecule has 1 aliphatic rings. The molecule has 158 valence electrons. The van der Waals surface area contributed by atoms with Crippen molar-refractivity contribution in [3.05, 3.63) is 101 Å². The molecule has 0 heterocycles. The molecule has 1 amide bonds. The van der Waals surface area contributed by atoms with E-state index in [9.17, 15) is 9.90 Å². The maximum Gasteiger partial charge on any atom is 0.407 e. The molecule has 0 bridgehead atoms. The van der Waals surface area contributed by atoms with Crippen LogP contribution in [0.3, 0.4) is 0 Å². The van der Waals surface area contributed by atoms with Crippen molar-refractivity contribution < 1.29 is 14.6 Å². The molecule has 0 unspecified atom stereocenters. The minimum Gasteiger partial charge on any atom is -0.449 e. The van der Waals surface area contributed by atoms with E-state index in [1.54, 1.807) is 0 Å². The largest absolute Gasteiger partial charge is 0.449 e. The summed E-state index contributed by atoms with van der Waals surface area (Å²) in [6.45, 7) is 2.90. The van der Waals surface area contributed by atoms with Crippen molar-refractivity contribution in [2.75, 3.05) is 13.2 Å². The number of aliphatic hydroxyl groups is 1. The normalized spacial score (nSPS) is 12.6. The summed E-state index contributed by atoms with van der Waals surface area (Å²) in [5, 5.41) is 12.1. The summed E-state index contributed by atoms with van der Waals surface area (Å²) in [6, 6.07) is 22.5. The van der Waals surface area contributed by atoms with E-state index >= 15 is 0 Å². The van der Waals surface area contributed by atoms with Crippen molar-refractivity contribution in [1.82, 2.24) is 5.32 Å². The van der Waals surface area contributed by atoms with Crippen LogP contribution < -0.4 is 5.32 Å². The smallest absolute Gasteiger partial charge is 0.407 e. The zero-order valence-corrected chi connectivity index (χ0v) is 17.7. The molecule has 0 saturated heterocycles. The topological polar surface area (TPSA) is 58.6 Å². The van der Waals surface area contributed by atoms with Gasteiger partial charge in [-0.1, -0.05) is 72.8 Å². The number of aliphatic hydroxyl groups excluding tert-OH is 1. The number of nitrogens with one attached hydrogen (secondary N) is 1. The Hall–Kier alpha value is -3.37. The first-order chi connectivity index (χ1) is 15.2. The lowest BCUT2D eigenvalue weighted by Gasteiger charge is -2.14. The van der Waals surface area contributed by atoms with Crippen LogP contribution in [-0.4, -0.2) is 24.4 Å². The number of hydrogen-bond acceptors (Lipinski definition) is 3. The first-order valence-electron chi connectivity index (χ1n) is 10.6. The van der Waals surface area contributed by atoms with E-state index < -0.39 is 6.09 Å². The highest BCUT2D eigenvalue weighted by Gasteiger charge is 2.28. The second kappa shape index (κ2) is 9.63. The molecule has 0 aliphatic heterocycles. The Morgan fingerprint density at radius 1 is 1.03 bits per heavy atom. The number of ether oxygens (including phenoxy) is 1. The van der Waals surface area contributed by atoms with Crippen molar-refractivity contribution in [1.29, 1.82) is 0 Å². The Labute approximate surface area is 183 Å². The van der Waals surface area contributed by atoms with Crippen LogP contribution in [0.25, 0.3) is 17.2 Å². The molecular formula is C27H27NO3. The third kappa shape index (κ3) is 4.70. The highest BCUT2D eigenvalue weighted by molar-refractivity contribution is 5.79. The minimum absolute atomic E-state index is 0.0322. The maximum absolute atomic E-state index is 12.2. The molecule has 31 heavy (non-hydrogen) atoms. The standard InChI is InChI=1S/C27H27NO3/c1-19-13-14-20(17-29)16-21(19)8-6-7-15-28-27(30)31-18-26-24-11-4-2-9-22(24)23-10-3-5-12-25(23)26/h2-6,8-14,16,26,29H,7,15,17-18H2,1H3,(H,28,30). The summed E-state index contributed by atoms with van der Waals surface area (Å²) in [7, 11) is 0. The fraction of sp³-hybridized carbons (Fsp3) is 0.222. The van der Waals surface area contributed by atoms with Gasteiger partial charge in [0.1, 0.15) is 6.61 Å². The summed E-state index contributed by atoms with van der Waals surface area (Å²) in [5.74, 6) is 0.0693. The van der Waals surface area contributed by atoms with Crippen LogP contribution in [0.4, 0.5) is 4.79 Å². The van der Waals surface area contributed by atoms with Crippen molar-refractivity contribution in [2.24, 2.45) is 0 Å². The van der Waals surface area contributed by atoms with Crippen LogP contribution in [0, 0.1) is 6.92 Å². The minimum atomic E-state index is -0.395. The molecule has 3 aromatic rings. The van der Waals surface area contributed by atoms with Crippen LogP contribution in [0.1, 0.15) is 40.2 Å². The van der Waals surface area contributed by atoms with Gasteiger partial charge in [-0.3, -0.25) is 0 Å². The van der Waals surface area contributed by atoms with Gasteiger partial charge < -0.3 is 15.2 Å². The molecule has 4 heteroatoms. The average Bonchev–Trinajstić information content (AvgIpc) is 3.12. The predicted molar refractivity (Wildman–Crippen MR) is 124 cm³/mol. The van der Waals surface area contributed by atoms with Crippen LogP contribution in [0.15, 0.2) is 72.8 Å². The molecule has 0 fully saturated rings. The number of carbonyl (C=O) groups excluding carboxylic acids is 1. The number of aryl methyl sites for hydroxylation is 1. The molecule has 3 aromatic carbocycles. The van der Waals surface area contributed by atoms with Gasteiger partial charge in [0.25, 0.3) is 0 Å². The van der Waals surface area contributed by atoms with Gasteiger partial charge in [0, 0.05) is 12.5 Å². The summed E-state index contributed by atoms with van der Waals surface area (Å²) in [6.07, 6.45) is 4.35. The highest BCUT2D eigenvalue weighted by atomic mass is 16.5. The first-order valence-corrected chi connectivity index (χ1v) is 10.6. The van der Waals surface area contributed by atoms with Crippen molar-refractivity contribution in [3.63, 3.8) is 0 Å². The van der Waals surface area contributed by atoms with E-state index in [0.717, 1.165) is 16.7 Å². The SMILES string of the molecule is Cc1ccc(CO)cc1C=CCCNC(=O)OCC1c2ccccc2-c2ccccc21. The molecular weight excluding hydrogens is 386 g/mol. The molecule has 1 aliphatic carbocycles. The lowest BCUT2D eigenvalue weighted by atomic mass is 9.98. The van der Waals surface area contributed by atoms with E-state index in [1.165, 1.54) is 22.3 Å². The Balaban J connectivity index is 1.28. The van der Waals surface area contributed by atoms with Crippen molar-refractivity contribution in [3.8, 4) is 11.1 Å². The van der Waals surface area contributed by atoms with Gasteiger partial charge in [0.2, 0.25) is 0 Å². The van der Waals surface area contributed by atoms with E-state index in [4.69, 9.17) is 4.74 Å². The van der Waals surface area contributed by atoms with Gasteiger partial charge >= 0.3 is 6.09 Å². The van der Waals surface area contributed by atoms with E-state index in [0.29, 0.717) is 19.6 Å². The summed E-state index contributed by atoms with van der Waals surface area (Å²) < 4.78 is 5.55. The fourth-order valence-electron chi connectivity index (χ4n) is 4.09. The predicted octanol–water partition coefficient (Wildman–Crippen LogP) is 5.43.